The van der Waals surface area contributed by atoms with Crippen molar-refractivity contribution >= 4 is 23.6 Å². The summed E-state index contributed by atoms with van der Waals surface area (Å²) in [6, 6.07) is 7.40. The molecule has 0 aliphatic carbocycles. The molecule has 1 N–H and O–H groups in total. The Balaban J connectivity index is 2.34. The maximum atomic E-state index is 11.8. The number of piperidine rings is 1. The van der Waals surface area contributed by atoms with Crippen molar-refractivity contribution in [3.63, 3.8) is 0 Å². The third-order valence-corrected chi connectivity index (χ3v) is 4.38. The number of aliphatic carboxylic acids is 1. The Labute approximate surface area is 116 Å². The van der Waals surface area contributed by atoms with Crippen molar-refractivity contribution in [1.82, 2.24) is 4.90 Å². The van der Waals surface area contributed by atoms with Gasteiger partial charge < -0.3 is 10.0 Å². The third-order valence-electron chi connectivity index (χ3n) is 3.64. The van der Waals surface area contributed by atoms with Gasteiger partial charge in [-0.1, -0.05) is 12.1 Å². The maximum Gasteiger partial charge on any atom is 0.308 e. The van der Waals surface area contributed by atoms with Gasteiger partial charge in [0.15, 0.2) is 0 Å². The normalized spacial score (nSPS) is 23.5. The fourth-order valence-electron chi connectivity index (χ4n) is 2.55. The minimum atomic E-state index is -0.835. The van der Waals surface area contributed by atoms with Crippen molar-refractivity contribution in [3.05, 3.63) is 29.8 Å². The standard InChI is InChI=1S/C14H17NO3S/c1-15-12(16)8-7-11(14(17)18)13(15)9-3-5-10(19-2)6-4-9/h3-6,11,13H,7-8H2,1-2H3,(H,17,18). The average Bonchev–Trinajstić information content (AvgIpc) is 2.41. The highest BCUT2D eigenvalue weighted by molar-refractivity contribution is 7.98. The van der Waals surface area contributed by atoms with Gasteiger partial charge in [0.2, 0.25) is 5.91 Å². The lowest BCUT2D eigenvalue weighted by molar-refractivity contribution is -0.150. The molecule has 1 aromatic carbocycles. The SMILES string of the molecule is CSc1ccc(C2C(C(=O)O)CCC(=O)N2C)cc1. The van der Waals surface area contributed by atoms with Crippen molar-refractivity contribution in [3.8, 4) is 0 Å². The zero-order valence-electron chi connectivity index (χ0n) is 11.0. The molecule has 2 rings (SSSR count). The highest BCUT2D eigenvalue weighted by atomic mass is 32.2. The van der Waals surface area contributed by atoms with E-state index >= 15 is 0 Å². The number of thioether (sulfide) groups is 1. The summed E-state index contributed by atoms with van der Waals surface area (Å²) in [7, 11) is 1.69. The monoisotopic (exact) mass is 279 g/mol. The van der Waals surface area contributed by atoms with Crippen LogP contribution in [-0.4, -0.2) is 35.2 Å². The molecule has 2 atom stereocenters. The van der Waals surface area contributed by atoms with Gasteiger partial charge in [0.25, 0.3) is 0 Å². The number of hydrogen-bond donors (Lipinski definition) is 1. The fourth-order valence-corrected chi connectivity index (χ4v) is 2.96. The van der Waals surface area contributed by atoms with Crippen LogP contribution in [0.25, 0.3) is 0 Å². The molecule has 0 spiro atoms. The van der Waals surface area contributed by atoms with Crippen LogP contribution in [0, 0.1) is 5.92 Å². The Bertz CT molecular complexity index is 486. The van der Waals surface area contributed by atoms with Crippen LogP contribution in [0.1, 0.15) is 24.4 Å². The molecule has 1 aromatic rings. The molecular weight excluding hydrogens is 262 g/mol. The Morgan fingerprint density at radius 1 is 1.37 bits per heavy atom. The molecule has 1 amide bonds. The molecule has 19 heavy (non-hydrogen) atoms. The van der Waals surface area contributed by atoms with Crippen LogP contribution >= 0.6 is 11.8 Å². The lowest BCUT2D eigenvalue weighted by Crippen LogP contribution is -2.42. The van der Waals surface area contributed by atoms with E-state index < -0.39 is 11.9 Å². The number of nitrogens with zero attached hydrogens (tertiary/aromatic N) is 1. The van der Waals surface area contributed by atoms with Gasteiger partial charge in [-0.05, 0) is 30.4 Å². The molecule has 5 heteroatoms. The second-order valence-electron chi connectivity index (χ2n) is 4.71. The van der Waals surface area contributed by atoms with Crippen molar-refractivity contribution < 1.29 is 14.7 Å². The zero-order valence-corrected chi connectivity index (χ0v) is 11.8. The number of carboxylic acid groups (broad SMARTS) is 1. The van der Waals surface area contributed by atoms with Crippen molar-refractivity contribution in [2.75, 3.05) is 13.3 Å². The van der Waals surface area contributed by atoms with Crippen LogP contribution in [0.4, 0.5) is 0 Å². The van der Waals surface area contributed by atoms with E-state index in [1.165, 1.54) is 0 Å². The number of carboxylic acids is 1. The second kappa shape index (κ2) is 5.65. The van der Waals surface area contributed by atoms with Crippen LogP contribution < -0.4 is 0 Å². The molecule has 0 bridgehead atoms. The topological polar surface area (TPSA) is 57.6 Å². The zero-order chi connectivity index (χ0) is 14.0. The molecule has 1 aliphatic rings. The Hall–Kier alpha value is -1.49. The van der Waals surface area contributed by atoms with E-state index in [1.807, 2.05) is 30.5 Å². The summed E-state index contributed by atoms with van der Waals surface area (Å²) in [5, 5.41) is 9.33. The van der Waals surface area contributed by atoms with Gasteiger partial charge in [-0.3, -0.25) is 9.59 Å². The van der Waals surface area contributed by atoms with Crippen molar-refractivity contribution in [2.45, 2.75) is 23.8 Å². The molecule has 0 saturated carbocycles. The molecule has 4 nitrogen and oxygen atoms in total. The second-order valence-corrected chi connectivity index (χ2v) is 5.59. The van der Waals surface area contributed by atoms with Gasteiger partial charge in [-0.2, -0.15) is 0 Å². The molecule has 1 heterocycles. The Kier molecular flexibility index (Phi) is 4.14. The van der Waals surface area contributed by atoms with Crippen molar-refractivity contribution in [1.29, 1.82) is 0 Å². The van der Waals surface area contributed by atoms with Gasteiger partial charge in [-0.25, -0.2) is 0 Å². The summed E-state index contributed by atoms with van der Waals surface area (Å²) < 4.78 is 0. The first-order valence-corrected chi connectivity index (χ1v) is 7.39. The molecule has 2 unspecified atom stereocenters. The highest BCUT2D eigenvalue weighted by Gasteiger charge is 2.38. The molecule has 0 aromatic heterocycles. The van der Waals surface area contributed by atoms with Crippen LogP contribution in [0.5, 0.6) is 0 Å². The fraction of sp³-hybridized carbons (Fsp3) is 0.429. The van der Waals surface area contributed by atoms with Gasteiger partial charge in [0.05, 0.1) is 12.0 Å². The summed E-state index contributed by atoms with van der Waals surface area (Å²) in [6.07, 6.45) is 2.71. The van der Waals surface area contributed by atoms with E-state index in [0.717, 1.165) is 10.5 Å². The van der Waals surface area contributed by atoms with E-state index in [4.69, 9.17) is 0 Å². The minimum absolute atomic E-state index is 0.0106. The van der Waals surface area contributed by atoms with Gasteiger partial charge in [0.1, 0.15) is 0 Å². The number of carbonyl (C=O) groups excluding carboxylic acids is 1. The number of hydrogen-bond acceptors (Lipinski definition) is 3. The first-order valence-electron chi connectivity index (χ1n) is 6.17. The summed E-state index contributed by atoms with van der Waals surface area (Å²) in [5.74, 6) is -1.35. The summed E-state index contributed by atoms with van der Waals surface area (Å²) in [4.78, 5) is 25.9. The van der Waals surface area contributed by atoms with E-state index in [2.05, 4.69) is 0 Å². The Morgan fingerprint density at radius 2 is 2.00 bits per heavy atom. The largest absolute Gasteiger partial charge is 0.481 e. The third kappa shape index (κ3) is 2.76. The van der Waals surface area contributed by atoms with E-state index in [0.29, 0.717) is 12.8 Å². The summed E-state index contributed by atoms with van der Waals surface area (Å²) in [6.45, 7) is 0. The van der Waals surface area contributed by atoms with Crippen LogP contribution in [-0.2, 0) is 9.59 Å². The van der Waals surface area contributed by atoms with E-state index in [-0.39, 0.29) is 11.9 Å². The average molecular weight is 279 g/mol. The van der Waals surface area contributed by atoms with Crippen molar-refractivity contribution in [2.24, 2.45) is 5.92 Å². The number of amides is 1. The van der Waals surface area contributed by atoms with Gasteiger partial charge in [0, 0.05) is 18.4 Å². The van der Waals surface area contributed by atoms with Gasteiger partial charge >= 0.3 is 5.97 Å². The number of benzene rings is 1. The summed E-state index contributed by atoms with van der Waals surface area (Å²) >= 11 is 1.64. The van der Waals surface area contributed by atoms with Crippen LogP contribution in [0.2, 0.25) is 0 Å². The van der Waals surface area contributed by atoms with Crippen LogP contribution in [0.3, 0.4) is 0 Å². The van der Waals surface area contributed by atoms with Crippen LogP contribution in [0.15, 0.2) is 29.2 Å². The van der Waals surface area contributed by atoms with E-state index in [1.54, 1.807) is 23.7 Å². The quantitative estimate of drug-likeness (QED) is 0.863. The molecule has 0 radical (unpaired) electrons. The highest BCUT2D eigenvalue weighted by Crippen LogP contribution is 2.36. The molecule has 1 saturated heterocycles. The number of rotatable bonds is 3. The number of likely N-dealkylation sites (tertiary alicyclic amines) is 1. The molecule has 1 aliphatic heterocycles. The predicted molar refractivity (Wildman–Crippen MR) is 74.1 cm³/mol. The van der Waals surface area contributed by atoms with E-state index in [9.17, 15) is 14.7 Å². The van der Waals surface area contributed by atoms with Gasteiger partial charge in [-0.15, -0.1) is 11.8 Å². The number of carbonyl (C=O) groups is 2. The molecule has 1 fully saturated rings. The molecule has 102 valence electrons. The first-order chi connectivity index (χ1) is 9.04. The summed E-state index contributed by atoms with van der Waals surface area (Å²) in [5.41, 5.74) is 0.890. The minimum Gasteiger partial charge on any atom is -0.481 e. The lowest BCUT2D eigenvalue weighted by atomic mass is 9.85. The smallest absolute Gasteiger partial charge is 0.308 e. The predicted octanol–water partition coefficient (Wildman–Crippen LogP) is 2.40. The maximum absolute atomic E-state index is 11.8. The lowest BCUT2D eigenvalue weighted by Gasteiger charge is -2.37. The Morgan fingerprint density at radius 3 is 2.53 bits per heavy atom. The molecular formula is C14H17NO3S. The first kappa shape index (κ1) is 13.9.